The fraction of sp³-hybridized carbons (Fsp3) is 0.294. The summed E-state index contributed by atoms with van der Waals surface area (Å²) < 4.78 is 5.12. The number of benzene rings is 1. The van der Waals surface area contributed by atoms with Crippen LogP contribution in [0.2, 0.25) is 0 Å². The molecule has 2 amide bonds. The van der Waals surface area contributed by atoms with Gasteiger partial charge in [-0.3, -0.25) is 9.59 Å². The van der Waals surface area contributed by atoms with Gasteiger partial charge < -0.3 is 15.0 Å². The van der Waals surface area contributed by atoms with E-state index in [4.69, 9.17) is 4.74 Å². The van der Waals surface area contributed by atoms with Crippen molar-refractivity contribution in [3.63, 3.8) is 0 Å². The molecule has 1 aromatic heterocycles. The van der Waals surface area contributed by atoms with Crippen LogP contribution in [-0.2, 0) is 4.79 Å². The number of nitrogens with zero attached hydrogens (tertiary/aromatic N) is 3. The smallest absolute Gasteiger partial charge is 0.254 e. The number of carbonyl (C=O) groups is 2. The number of carbonyl (C=O) groups excluding carboxylic acids is 2. The van der Waals surface area contributed by atoms with Crippen molar-refractivity contribution < 1.29 is 14.3 Å². The zero-order valence-electron chi connectivity index (χ0n) is 13.9. The van der Waals surface area contributed by atoms with Gasteiger partial charge in [-0.05, 0) is 30.5 Å². The average molecular weight is 358 g/mol. The highest BCUT2D eigenvalue weighted by molar-refractivity contribution is 7.98. The third-order valence-corrected chi connectivity index (χ3v) is 4.49. The monoisotopic (exact) mass is 358 g/mol. The number of aromatic nitrogens is 2. The molecule has 8 heteroatoms. The van der Waals surface area contributed by atoms with Gasteiger partial charge in [0.1, 0.15) is 5.75 Å². The minimum absolute atomic E-state index is 0.0237. The molecular formula is C17H18N4O3S. The molecule has 0 spiro atoms. The molecule has 130 valence electrons. The number of nitrogens with one attached hydrogen (secondary N) is 1. The van der Waals surface area contributed by atoms with Crippen molar-refractivity contribution in [2.24, 2.45) is 0 Å². The maximum absolute atomic E-state index is 12.3. The van der Waals surface area contributed by atoms with Crippen LogP contribution in [0.5, 0.6) is 5.75 Å². The molecule has 25 heavy (non-hydrogen) atoms. The average Bonchev–Trinajstić information content (AvgIpc) is 3.02. The number of thioether (sulfide) groups is 1. The molecule has 0 radical (unpaired) electrons. The highest BCUT2D eigenvalue weighted by Gasteiger charge is 2.31. The Morgan fingerprint density at radius 1 is 1.28 bits per heavy atom. The Balaban J connectivity index is 1.64. The van der Waals surface area contributed by atoms with Crippen molar-refractivity contribution in [3.8, 4) is 5.75 Å². The molecule has 1 atom stereocenters. The van der Waals surface area contributed by atoms with E-state index in [0.29, 0.717) is 17.3 Å². The largest absolute Gasteiger partial charge is 0.497 e. The lowest BCUT2D eigenvalue weighted by atomic mass is 10.2. The molecule has 1 fully saturated rings. The number of rotatable bonds is 5. The fourth-order valence-corrected chi connectivity index (χ4v) is 2.94. The summed E-state index contributed by atoms with van der Waals surface area (Å²) in [6.07, 6.45) is 5.12. The summed E-state index contributed by atoms with van der Waals surface area (Å²) in [7, 11) is 1.59. The summed E-state index contributed by atoms with van der Waals surface area (Å²) in [5, 5.41) is 3.48. The Kier molecular flexibility index (Phi) is 5.18. The van der Waals surface area contributed by atoms with Crippen LogP contribution < -0.4 is 15.0 Å². The van der Waals surface area contributed by atoms with Gasteiger partial charge in [0.05, 0.1) is 18.7 Å². The van der Waals surface area contributed by atoms with E-state index in [1.165, 1.54) is 24.2 Å². The number of methoxy groups -OCH3 is 1. The van der Waals surface area contributed by atoms with Crippen LogP contribution in [0, 0.1) is 0 Å². The van der Waals surface area contributed by atoms with Crippen molar-refractivity contribution in [2.45, 2.75) is 17.6 Å². The molecular weight excluding hydrogens is 340 g/mol. The summed E-state index contributed by atoms with van der Waals surface area (Å²) >= 11 is 1.41. The second kappa shape index (κ2) is 7.52. The van der Waals surface area contributed by atoms with Gasteiger partial charge in [0, 0.05) is 31.0 Å². The fourth-order valence-electron chi connectivity index (χ4n) is 2.62. The standard InChI is InChI=1S/C17H18N4O3S/c1-24-14-5-3-13(4-6-14)21-10-12(7-15(21)22)20-16(23)11-8-18-17(25-2)19-9-11/h3-6,8-9,12H,7,10H2,1-2H3,(H,20,23)/t12-/m1/s1. The highest BCUT2D eigenvalue weighted by atomic mass is 32.2. The van der Waals surface area contributed by atoms with Gasteiger partial charge >= 0.3 is 0 Å². The van der Waals surface area contributed by atoms with E-state index < -0.39 is 0 Å². The lowest BCUT2D eigenvalue weighted by Crippen LogP contribution is -2.37. The number of hydrogen-bond acceptors (Lipinski definition) is 6. The van der Waals surface area contributed by atoms with E-state index in [2.05, 4.69) is 15.3 Å². The Labute approximate surface area is 149 Å². The topological polar surface area (TPSA) is 84.4 Å². The number of ether oxygens (including phenoxy) is 1. The van der Waals surface area contributed by atoms with Gasteiger partial charge in [-0.15, -0.1) is 0 Å². The number of hydrogen-bond donors (Lipinski definition) is 1. The van der Waals surface area contributed by atoms with Crippen LogP contribution in [0.25, 0.3) is 0 Å². The third kappa shape index (κ3) is 3.90. The maximum atomic E-state index is 12.3. The Bertz CT molecular complexity index is 764. The molecule has 0 unspecified atom stereocenters. The summed E-state index contributed by atoms with van der Waals surface area (Å²) in [6.45, 7) is 0.431. The minimum atomic E-state index is -0.276. The first-order chi connectivity index (χ1) is 12.1. The van der Waals surface area contributed by atoms with Crippen molar-refractivity contribution >= 4 is 29.3 Å². The molecule has 2 heterocycles. The quantitative estimate of drug-likeness (QED) is 0.647. The van der Waals surface area contributed by atoms with Crippen LogP contribution in [0.3, 0.4) is 0 Å². The molecule has 1 N–H and O–H groups in total. The summed E-state index contributed by atoms with van der Waals surface area (Å²) in [5.74, 6) is 0.431. The Hall–Kier alpha value is -2.61. The van der Waals surface area contributed by atoms with Crippen LogP contribution in [0.1, 0.15) is 16.8 Å². The molecule has 1 saturated heterocycles. The number of amides is 2. The molecule has 0 saturated carbocycles. The molecule has 0 aliphatic carbocycles. The zero-order chi connectivity index (χ0) is 17.8. The van der Waals surface area contributed by atoms with Gasteiger partial charge in [-0.2, -0.15) is 0 Å². The van der Waals surface area contributed by atoms with E-state index in [-0.39, 0.29) is 24.3 Å². The molecule has 1 aliphatic heterocycles. The van der Waals surface area contributed by atoms with E-state index in [1.54, 1.807) is 24.1 Å². The summed E-state index contributed by atoms with van der Waals surface area (Å²) in [4.78, 5) is 34.4. The van der Waals surface area contributed by atoms with Gasteiger partial charge in [0.15, 0.2) is 5.16 Å². The predicted molar refractivity (Wildman–Crippen MR) is 95.0 cm³/mol. The SMILES string of the molecule is COc1ccc(N2C[C@H](NC(=O)c3cnc(SC)nc3)CC2=O)cc1. The minimum Gasteiger partial charge on any atom is -0.497 e. The van der Waals surface area contributed by atoms with Crippen LogP contribution in [-0.4, -0.2) is 47.7 Å². The summed E-state index contributed by atoms with van der Waals surface area (Å²) in [5.41, 5.74) is 1.17. The molecule has 1 aromatic carbocycles. The Morgan fingerprint density at radius 2 is 1.96 bits per heavy atom. The lowest BCUT2D eigenvalue weighted by Gasteiger charge is -2.17. The maximum Gasteiger partial charge on any atom is 0.254 e. The molecule has 1 aliphatic rings. The summed E-state index contributed by atoms with van der Waals surface area (Å²) in [6, 6.07) is 7.02. The van der Waals surface area contributed by atoms with Gasteiger partial charge in [-0.1, -0.05) is 11.8 Å². The predicted octanol–water partition coefficient (Wildman–Crippen LogP) is 1.74. The first-order valence-electron chi connectivity index (χ1n) is 7.72. The van der Waals surface area contributed by atoms with E-state index >= 15 is 0 Å². The van der Waals surface area contributed by atoms with E-state index in [1.807, 2.05) is 18.4 Å². The second-order valence-electron chi connectivity index (χ2n) is 5.54. The van der Waals surface area contributed by atoms with Crippen molar-refractivity contribution in [3.05, 3.63) is 42.2 Å². The van der Waals surface area contributed by atoms with Crippen molar-refractivity contribution in [1.29, 1.82) is 0 Å². The third-order valence-electron chi connectivity index (χ3n) is 3.92. The molecule has 2 aromatic rings. The van der Waals surface area contributed by atoms with Crippen molar-refractivity contribution in [2.75, 3.05) is 24.8 Å². The van der Waals surface area contributed by atoms with Crippen LogP contribution >= 0.6 is 11.8 Å². The van der Waals surface area contributed by atoms with Crippen LogP contribution in [0.4, 0.5) is 5.69 Å². The first-order valence-corrected chi connectivity index (χ1v) is 8.94. The number of anilines is 1. The highest BCUT2D eigenvalue weighted by Crippen LogP contribution is 2.24. The van der Waals surface area contributed by atoms with Gasteiger partial charge in [0.25, 0.3) is 5.91 Å². The second-order valence-corrected chi connectivity index (χ2v) is 6.31. The first kappa shape index (κ1) is 17.2. The van der Waals surface area contributed by atoms with Crippen molar-refractivity contribution in [1.82, 2.24) is 15.3 Å². The molecule has 0 bridgehead atoms. The molecule has 3 rings (SSSR count). The normalized spacial score (nSPS) is 16.8. The van der Waals surface area contributed by atoms with Gasteiger partial charge in [-0.25, -0.2) is 9.97 Å². The Morgan fingerprint density at radius 3 is 2.56 bits per heavy atom. The van der Waals surface area contributed by atoms with E-state index in [0.717, 1.165) is 11.4 Å². The lowest BCUT2D eigenvalue weighted by molar-refractivity contribution is -0.117. The molecule has 7 nitrogen and oxygen atoms in total. The van der Waals surface area contributed by atoms with E-state index in [9.17, 15) is 9.59 Å². The van der Waals surface area contributed by atoms with Crippen LogP contribution in [0.15, 0.2) is 41.8 Å². The zero-order valence-corrected chi connectivity index (χ0v) is 14.7. The van der Waals surface area contributed by atoms with Gasteiger partial charge in [0.2, 0.25) is 5.91 Å².